The number of fused-ring (bicyclic) bond motifs is 2. The molecule has 0 radical (unpaired) electrons. The average Bonchev–Trinajstić information content (AvgIpc) is 3.07. The molecule has 2 aromatic carbocycles. The highest BCUT2D eigenvalue weighted by Gasteiger charge is 2.66. The van der Waals surface area contributed by atoms with Crippen LogP contribution in [0.3, 0.4) is 0 Å². The Hall–Kier alpha value is -2.06. The molecule has 2 aliphatic rings. The van der Waals surface area contributed by atoms with Crippen molar-refractivity contribution in [2.24, 2.45) is 16.7 Å². The van der Waals surface area contributed by atoms with Gasteiger partial charge in [0, 0.05) is 27.3 Å². The van der Waals surface area contributed by atoms with Gasteiger partial charge in [-0.15, -0.1) is 11.8 Å². The zero-order chi connectivity index (χ0) is 20.1. The number of thioether (sulfide) groups is 1. The van der Waals surface area contributed by atoms with Gasteiger partial charge in [-0.3, -0.25) is 4.98 Å². The maximum Gasteiger partial charge on any atom is 0.0705 e. The molecule has 0 unspecified atom stereocenters. The number of hydrogen-bond acceptors (Lipinski definition) is 2. The molecule has 0 saturated heterocycles. The van der Waals surface area contributed by atoms with E-state index in [-0.39, 0.29) is 5.41 Å². The molecular formula is C27H29NS. The topological polar surface area (TPSA) is 12.9 Å². The van der Waals surface area contributed by atoms with E-state index in [0.717, 1.165) is 11.6 Å². The zero-order valence-corrected chi connectivity index (χ0v) is 18.3. The van der Waals surface area contributed by atoms with E-state index < -0.39 is 0 Å². The van der Waals surface area contributed by atoms with Crippen LogP contribution in [0.5, 0.6) is 0 Å². The first-order chi connectivity index (χ1) is 14.0. The van der Waals surface area contributed by atoms with Crippen LogP contribution in [0.15, 0.2) is 83.8 Å². The standard InChI is InChI=1S/C27H29NS/c1-26(2)21-17-18-27(26,3)24(25(21)29-20-13-8-5-9-14-20)23-16-10-15-22(28-23)19-11-6-4-7-12-19/h4-16,21,24-25H,17-18H2,1-3H3/t21-,24+,25-,27+/m1/s1. The lowest BCUT2D eigenvalue weighted by molar-refractivity contribution is 0.133. The summed E-state index contributed by atoms with van der Waals surface area (Å²) in [6.45, 7) is 7.54. The van der Waals surface area contributed by atoms with Crippen LogP contribution >= 0.6 is 11.8 Å². The summed E-state index contributed by atoms with van der Waals surface area (Å²) < 4.78 is 0. The first kappa shape index (κ1) is 18.9. The van der Waals surface area contributed by atoms with Crippen molar-refractivity contribution in [2.45, 2.75) is 49.7 Å². The molecule has 3 aromatic rings. The fourth-order valence-corrected chi connectivity index (χ4v) is 7.83. The Bertz CT molecular complexity index is 997. The summed E-state index contributed by atoms with van der Waals surface area (Å²) in [5.41, 5.74) is 4.18. The summed E-state index contributed by atoms with van der Waals surface area (Å²) in [6.07, 6.45) is 2.64. The number of aromatic nitrogens is 1. The van der Waals surface area contributed by atoms with E-state index in [0.29, 0.717) is 16.6 Å². The Morgan fingerprint density at radius 2 is 1.52 bits per heavy atom. The monoisotopic (exact) mass is 399 g/mol. The Morgan fingerprint density at radius 1 is 0.828 bits per heavy atom. The van der Waals surface area contributed by atoms with E-state index in [1.807, 2.05) is 0 Å². The maximum atomic E-state index is 5.23. The number of benzene rings is 2. The Balaban J connectivity index is 1.58. The molecule has 5 rings (SSSR count). The van der Waals surface area contributed by atoms with Crippen LogP contribution in [0, 0.1) is 16.7 Å². The Kier molecular flexibility index (Phi) is 4.58. The smallest absolute Gasteiger partial charge is 0.0705 e. The van der Waals surface area contributed by atoms with E-state index in [1.165, 1.54) is 29.0 Å². The number of hydrogen-bond donors (Lipinski definition) is 0. The van der Waals surface area contributed by atoms with Gasteiger partial charge in [-0.25, -0.2) is 0 Å². The number of rotatable bonds is 4. The van der Waals surface area contributed by atoms with Crippen molar-refractivity contribution in [3.63, 3.8) is 0 Å². The van der Waals surface area contributed by atoms with E-state index >= 15 is 0 Å². The number of pyridine rings is 1. The molecule has 0 amide bonds. The molecule has 2 bridgehead atoms. The van der Waals surface area contributed by atoms with Crippen LogP contribution in [-0.4, -0.2) is 10.2 Å². The summed E-state index contributed by atoms with van der Waals surface area (Å²) in [4.78, 5) is 6.62. The van der Waals surface area contributed by atoms with Crippen LogP contribution in [0.4, 0.5) is 0 Å². The lowest BCUT2D eigenvalue weighted by Crippen LogP contribution is -2.33. The van der Waals surface area contributed by atoms with Gasteiger partial charge in [-0.2, -0.15) is 0 Å². The molecule has 4 atom stereocenters. The normalized spacial score (nSPS) is 29.8. The molecule has 2 heteroatoms. The fraction of sp³-hybridized carbons (Fsp3) is 0.370. The van der Waals surface area contributed by atoms with Crippen molar-refractivity contribution in [3.8, 4) is 11.3 Å². The molecule has 2 aliphatic carbocycles. The quantitative estimate of drug-likeness (QED) is 0.452. The van der Waals surface area contributed by atoms with Crippen LogP contribution in [0.25, 0.3) is 11.3 Å². The molecule has 1 aromatic heterocycles. The second-order valence-corrected chi connectivity index (χ2v) is 10.7. The lowest BCUT2D eigenvalue weighted by atomic mass is 9.66. The predicted molar refractivity (Wildman–Crippen MR) is 123 cm³/mol. The minimum atomic E-state index is 0.284. The first-order valence-corrected chi connectivity index (χ1v) is 11.6. The summed E-state index contributed by atoms with van der Waals surface area (Å²) in [7, 11) is 0. The van der Waals surface area contributed by atoms with Gasteiger partial charge in [0.15, 0.2) is 0 Å². The Labute approximate surface area is 179 Å². The van der Waals surface area contributed by atoms with Gasteiger partial charge in [-0.05, 0) is 53.9 Å². The van der Waals surface area contributed by atoms with Crippen LogP contribution in [0.1, 0.15) is 45.2 Å². The largest absolute Gasteiger partial charge is 0.252 e. The van der Waals surface area contributed by atoms with Crippen molar-refractivity contribution < 1.29 is 0 Å². The summed E-state index contributed by atoms with van der Waals surface area (Å²) in [5, 5.41) is 0.574. The zero-order valence-electron chi connectivity index (χ0n) is 17.5. The number of nitrogens with zero attached hydrogens (tertiary/aromatic N) is 1. The van der Waals surface area contributed by atoms with E-state index in [9.17, 15) is 0 Å². The van der Waals surface area contributed by atoms with Gasteiger partial charge in [0.05, 0.1) is 5.69 Å². The lowest BCUT2D eigenvalue weighted by Gasteiger charge is -2.40. The van der Waals surface area contributed by atoms with Gasteiger partial charge in [0.25, 0.3) is 0 Å². The minimum absolute atomic E-state index is 0.284. The Morgan fingerprint density at radius 3 is 2.24 bits per heavy atom. The molecular weight excluding hydrogens is 370 g/mol. The highest BCUT2D eigenvalue weighted by molar-refractivity contribution is 8.00. The highest BCUT2D eigenvalue weighted by Crippen LogP contribution is 2.73. The third kappa shape index (κ3) is 2.95. The van der Waals surface area contributed by atoms with Gasteiger partial charge in [0.2, 0.25) is 0 Å². The van der Waals surface area contributed by atoms with Crippen LogP contribution in [-0.2, 0) is 0 Å². The molecule has 29 heavy (non-hydrogen) atoms. The van der Waals surface area contributed by atoms with Crippen molar-refractivity contribution in [3.05, 3.63) is 84.6 Å². The molecule has 0 N–H and O–H groups in total. The molecule has 0 aliphatic heterocycles. The average molecular weight is 400 g/mol. The van der Waals surface area contributed by atoms with Gasteiger partial charge >= 0.3 is 0 Å². The van der Waals surface area contributed by atoms with Crippen molar-refractivity contribution in [2.75, 3.05) is 0 Å². The van der Waals surface area contributed by atoms with Crippen LogP contribution in [0.2, 0.25) is 0 Å². The molecule has 0 spiro atoms. The third-order valence-corrected chi connectivity index (χ3v) is 9.38. The van der Waals surface area contributed by atoms with E-state index in [1.54, 1.807) is 0 Å². The maximum absolute atomic E-state index is 5.23. The van der Waals surface area contributed by atoms with E-state index in [4.69, 9.17) is 4.98 Å². The van der Waals surface area contributed by atoms with Crippen molar-refractivity contribution >= 4 is 11.8 Å². The van der Waals surface area contributed by atoms with Gasteiger partial charge < -0.3 is 0 Å². The molecule has 1 nitrogen and oxygen atoms in total. The van der Waals surface area contributed by atoms with E-state index in [2.05, 4.69) is 111 Å². The van der Waals surface area contributed by atoms with Crippen molar-refractivity contribution in [1.29, 1.82) is 0 Å². The van der Waals surface area contributed by atoms with Crippen LogP contribution < -0.4 is 0 Å². The first-order valence-electron chi connectivity index (χ1n) is 10.7. The van der Waals surface area contributed by atoms with Gasteiger partial charge in [-0.1, -0.05) is 75.4 Å². The second kappa shape index (κ2) is 7.02. The SMILES string of the molecule is CC1(C)[C@@H]2CC[C@@]1(C)[C@@H](c1cccc(-c3ccccc3)n1)[C@@H]2Sc1ccccc1. The highest BCUT2D eigenvalue weighted by atomic mass is 32.2. The molecule has 2 saturated carbocycles. The summed E-state index contributed by atoms with van der Waals surface area (Å²) in [5.74, 6) is 1.20. The molecule has 1 heterocycles. The summed E-state index contributed by atoms with van der Waals surface area (Å²) in [6, 6.07) is 28.2. The fourth-order valence-electron chi connectivity index (χ4n) is 5.98. The second-order valence-electron chi connectivity index (χ2n) is 9.47. The third-order valence-electron chi connectivity index (χ3n) is 7.96. The van der Waals surface area contributed by atoms with Crippen molar-refractivity contribution in [1.82, 2.24) is 4.98 Å². The summed E-state index contributed by atoms with van der Waals surface area (Å²) >= 11 is 2.08. The van der Waals surface area contributed by atoms with Gasteiger partial charge in [0.1, 0.15) is 0 Å². The molecule has 148 valence electrons. The predicted octanol–water partition coefficient (Wildman–Crippen LogP) is 7.45. The minimum Gasteiger partial charge on any atom is -0.252 e. The molecule has 2 fully saturated rings.